The van der Waals surface area contributed by atoms with E-state index in [0.29, 0.717) is 12.6 Å². The number of carbonyl (C=O) groups is 1. The van der Waals surface area contributed by atoms with Crippen LogP contribution in [0.2, 0.25) is 0 Å². The van der Waals surface area contributed by atoms with Crippen molar-refractivity contribution in [3.63, 3.8) is 0 Å². The molecule has 1 aliphatic heterocycles. The zero-order valence-electron chi connectivity index (χ0n) is 16.0. The lowest BCUT2D eigenvalue weighted by molar-refractivity contribution is -0.136. The zero-order valence-corrected chi connectivity index (χ0v) is 16.0. The molecular weight excluding hydrogens is 326 g/mol. The first-order valence-electron chi connectivity index (χ1n) is 9.54. The third kappa shape index (κ3) is 4.12. The first-order valence-corrected chi connectivity index (χ1v) is 9.54. The molecule has 1 saturated heterocycles. The van der Waals surface area contributed by atoms with Crippen molar-refractivity contribution in [2.24, 2.45) is 0 Å². The van der Waals surface area contributed by atoms with E-state index in [2.05, 4.69) is 45.9 Å². The van der Waals surface area contributed by atoms with Crippen LogP contribution in [-0.4, -0.2) is 56.7 Å². The van der Waals surface area contributed by atoms with Gasteiger partial charge in [-0.15, -0.1) is 0 Å². The lowest BCUT2D eigenvalue weighted by atomic mass is 10.00. The maximum absolute atomic E-state index is 12.8. The molecule has 2 aromatic rings. The molecule has 0 aliphatic carbocycles. The molecule has 1 aromatic heterocycles. The van der Waals surface area contributed by atoms with E-state index in [4.69, 9.17) is 0 Å². The molecule has 26 heavy (non-hydrogen) atoms. The van der Waals surface area contributed by atoms with E-state index in [1.54, 1.807) is 11.0 Å². The normalized spacial score (nSPS) is 18.9. The molecule has 1 aromatic carbocycles. The van der Waals surface area contributed by atoms with Crippen LogP contribution in [0.4, 0.5) is 0 Å². The number of carbonyl (C=O) groups excluding carboxylic acids is 1. The Morgan fingerprint density at radius 3 is 2.73 bits per heavy atom. The van der Waals surface area contributed by atoms with Gasteiger partial charge in [0.2, 0.25) is 5.91 Å². The Bertz CT molecular complexity index is 698. The first kappa shape index (κ1) is 18.6. The van der Waals surface area contributed by atoms with E-state index < -0.39 is 0 Å². The summed E-state index contributed by atoms with van der Waals surface area (Å²) in [6.07, 6.45) is 7.78. The van der Waals surface area contributed by atoms with Crippen LogP contribution in [0.5, 0.6) is 0 Å². The van der Waals surface area contributed by atoms with Crippen molar-refractivity contribution < 1.29 is 4.79 Å². The fourth-order valence-corrected chi connectivity index (χ4v) is 3.70. The summed E-state index contributed by atoms with van der Waals surface area (Å²) in [5, 5.41) is 4.15. The van der Waals surface area contributed by atoms with Gasteiger partial charge >= 0.3 is 0 Å². The molecular formula is C20H29N5O. The van der Waals surface area contributed by atoms with Gasteiger partial charge in [0, 0.05) is 18.6 Å². The molecule has 6 heteroatoms. The fourth-order valence-electron chi connectivity index (χ4n) is 3.70. The van der Waals surface area contributed by atoms with Gasteiger partial charge in [-0.2, -0.15) is 5.10 Å². The number of hydrogen-bond donors (Lipinski definition) is 0. The number of rotatable bonds is 6. The smallest absolute Gasteiger partial charge is 0.237 e. The average molecular weight is 355 g/mol. The van der Waals surface area contributed by atoms with Crippen molar-refractivity contribution in [2.75, 3.05) is 20.1 Å². The Morgan fingerprint density at radius 1 is 1.31 bits per heavy atom. The highest BCUT2D eigenvalue weighted by molar-refractivity contribution is 5.78. The highest BCUT2D eigenvalue weighted by Crippen LogP contribution is 2.23. The molecule has 0 bridgehead atoms. The van der Waals surface area contributed by atoms with E-state index in [1.807, 2.05) is 19.2 Å². The Labute approximate surface area is 155 Å². The number of aromatic nitrogens is 3. The maximum atomic E-state index is 12.8. The topological polar surface area (TPSA) is 54.3 Å². The highest BCUT2D eigenvalue weighted by atomic mass is 16.2. The van der Waals surface area contributed by atoms with Gasteiger partial charge < -0.3 is 4.90 Å². The molecule has 3 rings (SSSR count). The van der Waals surface area contributed by atoms with Gasteiger partial charge in [0.1, 0.15) is 12.7 Å². The zero-order chi connectivity index (χ0) is 18.5. The second-order valence-corrected chi connectivity index (χ2v) is 7.17. The standard InChI is InChI=1S/C20H29N5O/c1-4-18-7-5-6-12-24(18)20(26)13-23(3)16(2)17-8-10-19(11-9-17)25-15-21-14-22-25/h8-11,14-16,18H,4-7,12-13H2,1-3H3. The summed E-state index contributed by atoms with van der Waals surface area (Å²) < 4.78 is 1.74. The van der Waals surface area contributed by atoms with Crippen molar-refractivity contribution in [3.8, 4) is 5.69 Å². The third-order valence-corrected chi connectivity index (χ3v) is 5.52. The summed E-state index contributed by atoms with van der Waals surface area (Å²) in [6.45, 7) is 5.69. The van der Waals surface area contributed by atoms with Gasteiger partial charge in [0.25, 0.3) is 0 Å². The molecule has 1 amide bonds. The summed E-state index contributed by atoms with van der Waals surface area (Å²) >= 11 is 0. The predicted molar refractivity (Wildman–Crippen MR) is 102 cm³/mol. The van der Waals surface area contributed by atoms with Crippen molar-refractivity contribution >= 4 is 5.91 Å². The number of nitrogens with zero attached hydrogens (tertiary/aromatic N) is 5. The van der Waals surface area contributed by atoms with Crippen LogP contribution in [0.1, 0.15) is 51.1 Å². The van der Waals surface area contributed by atoms with Crippen molar-refractivity contribution in [2.45, 2.75) is 51.6 Å². The van der Waals surface area contributed by atoms with Gasteiger partial charge in [-0.05, 0) is 57.4 Å². The van der Waals surface area contributed by atoms with Crippen LogP contribution in [0.3, 0.4) is 0 Å². The van der Waals surface area contributed by atoms with E-state index in [9.17, 15) is 4.79 Å². The number of benzene rings is 1. The van der Waals surface area contributed by atoms with E-state index in [0.717, 1.165) is 31.5 Å². The first-order chi connectivity index (χ1) is 12.6. The van der Waals surface area contributed by atoms with E-state index >= 15 is 0 Å². The molecule has 2 atom stereocenters. The molecule has 2 unspecified atom stereocenters. The van der Waals surface area contributed by atoms with Crippen molar-refractivity contribution in [1.29, 1.82) is 0 Å². The second kappa shape index (κ2) is 8.45. The number of piperidine rings is 1. The quantitative estimate of drug-likeness (QED) is 0.799. The number of amides is 1. The van der Waals surface area contributed by atoms with Crippen LogP contribution < -0.4 is 0 Å². The predicted octanol–water partition coefficient (Wildman–Crippen LogP) is 3.05. The van der Waals surface area contributed by atoms with Crippen LogP contribution in [-0.2, 0) is 4.79 Å². The molecule has 0 saturated carbocycles. The summed E-state index contributed by atoms with van der Waals surface area (Å²) in [5.41, 5.74) is 2.17. The monoisotopic (exact) mass is 355 g/mol. The SMILES string of the molecule is CCC1CCCCN1C(=O)CN(C)C(C)c1ccc(-n2cncn2)cc1. The van der Waals surface area contributed by atoms with Gasteiger partial charge in [-0.1, -0.05) is 19.1 Å². The summed E-state index contributed by atoms with van der Waals surface area (Å²) in [6, 6.07) is 8.86. The van der Waals surface area contributed by atoms with Gasteiger partial charge in [0.15, 0.2) is 0 Å². The number of hydrogen-bond acceptors (Lipinski definition) is 4. The number of likely N-dealkylation sites (N-methyl/N-ethyl adjacent to an activating group) is 1. The molecule has 0 spiro atoms. The third-order valence-electron chi connectivity index (χ3n) is 5.52. The summed E-state index contributed by atoms with van der Waals surface area (Å²) in [7, 11) is 2.03. The largest absolute Gasteiger partial charge is 0.339 e. The molecule has 1 aliphatic rings. The maximum Gasteiger partial charge on any atom is 0.237 e. The van der Waals surface area contributed by atoms with Crippen LogP contribution in [0.25, 0.3) is 5.69 Å². The molecule has 0 radical (unpaired) electrons. The fraction of sp³-hybridized carbons (Fsp3) is 0.550. The lowest BCUT2D eigenvalue weighted by Crippen LogP contribution is -2.47. The van der Waals surface area contributed by atoms with Crippen LogP contribution >= 0.6 is 0 Å². The minimum atomic E-state index is 0.175. The highest BCUT2D eigenvalue weighted by Gasteiger charge is 2.26. The number of likely N-dealkylation sites (tertiary alicyclic amines) is 1. The minimum Gasteiger partial charge on any atom is -0.339 e. The molecule has 140 valence electrons. The average Bonchev–Trinajstić information content (AvgIpc) is 3.22. The Balaban J connectivity index is 1.62. The van der Waals surface area contributed by atoms with Crippen LogP contribution in [0, 0.1) is 0 Å². The van der Waals surface area contributed by atoms with Gasteiger partial charge in [-0.25, -0.2) is 9.67 Å². The Kier molecular flexibility index (Phi) is 6.04. The van der Waals surface area contributed by atoms with E-state index in [-0.39, 0.29) is 11.9 Å². The summed E-state index contributed by atoms with van der Waals surface area (Å²) in [5.74, 6) is 0.255. The Morgan fingerprint density at radius 2 is 2.08 bits per heavy atom. The molecule has 0 N–H and O–H groups in total. The molecule has 2 heterocycles. The van der Waals surface area contributed by atoms with E-state index in [1.165, 1.54) is 18.3 Å². The molecule has 1 fully saturated rings. The van der Waals surface area contributed by atoms with Crippen molar-refractivity contribution in [3.05, 3.63) is 42.5 Å². The van der Waals surface area contributed by atoms with Crippen LogP contribution in [0.15, 0.2) is 36.9 Å². The second-order valence-electron chi connectivity index (χ2n) is 7.17. The Hall–Kier alpha value is -2.21. The van der Waals surface area contributed by atoms with Gasteiger partial charge in [0.05, 0.1) is 12.2 Å². The minimum absolute atomic E-state index is 0.175. The summed E-state index contributed by atoms with van der Waals surface area (Å²) in [4.78, 5) is 21.0. The van der Waals surface area contributed by atoms with Gasteiger partial charge in [-0.3, -0.25) is 9.69 Å². The lowest BCUT2D eigenvalue weighted by Gasteiger charge is -2.37. The van der Waals surface area contributed by atoms with Crippen molar-refractivity contribution in [1.82, 2.24) is 24.6 Å². The molecule has 6 nitrogen and oxygen atoms in total.